The molecule has 0 unspecified atom stereocenters. The number of nitrogens with one attached hydrogen (secondary N) is 1. The molecule has 2 fully saturated rings. The Morgan fingerprint density at radius 2 is 2.00 bits per heavy atom. The number of hydrogen-bond donors (Lipinski definition) is 3. The third-order valence-electron chi connectivity index (χ3n) is 6.67. The molecule has 0 aromatic heterocycles. The number of halogens is 1. The fourth-order valence-electron chi connectivity index (χ4n) is 4.61. The molecule has 0 bridgehead atoms. The first kappa shape index (κ1) is 28.6. The molecule has 12 heteroatoms. The van der Waals surface area contributed by atoms with E-state index in [2.05, 4.69) is 10.2 Å². The van der Waals surface area contributed by atoms with Crippen molar-refractivity contribution in [1.82, 2.24) is 15.1 Å². The summed E-state index contributed by atoms with van der Waals surface area (Å²) in [6, 6.07) is 10.2. The average molecular weight is 516 g/mol. The lowest BCUT2D eigenvalue weighted by Crippen LogP contribution is -2.49. The Morgan fingerprint density at radius 1 is 1.32 bits per heavy atom. The molecule has 0 aliphatic carbocycles. The molecule has 2 amide bonds. The Kier molecular flexibility index (Phi) is 10.1. The molecule has 37 heavy (non-hydrogen) atoms. The zero-order valence-corrected chi connectivity index (χ0v) is 21.2. The van der Waals surface area contributed by atoms with Crippen molar-refractivity contribution in [2.45, 2.75) is 50.4 Å². The van der Waals surface area contributed by atoms with E-state index in [1.165, 1.54) is 4.90 Å². The second kappa shape index (κ2) is 13.0. The minimum absolute atomic E-state index is 0.0410. The Balaban J connectivity index is 1.62. The molecule has 10 nitrogen and oxygen atoms in total. The molecule has 3 N–H and O–H groups in total. The van der Waals surface area contributed by atoms with Gasteiger partial charge in [-0.2, -0.15) is 5.26 Å². The number of hydrogen-bond acceptors (Lipinski definition) is 8. The van der Waals surface area contributed by atoms with E-state index >= 15 is 0 Å². The maximum atomic E-state index is 14.3. The van der Waals surface area contributed by atoms with Crippen LogP contribution in [0.3, 0.4) is 0 Å². The van der Waals surface area contributed by atoms with E-state index in [0.29, 0.717) is 26.3 Å². The second-order valence-electron chi connectivity index (χ2n) is 9.82. The van der Waals surface area contributed by atoms with Gasteiger partial charge in [-0.25, -0.2) is 9.18 Å². The number of carbonyl (C=O) groups excluding carboxylic acids is 2. The lowest BCUT2D eigenvalue weighted by molar-refractivity contribution is -0.128. The summed E-state index contributed by atoms with van der Waals surface area (Å²) in [5, 5.41) is 31.4. The molecular weight excluding hydrogens is 482 g/mol. The van der Waals surface area contributed by atoms with Crippen molar-refractivity contribution < 1.29 is 33.5 Å². The number of nitriles is 1. The van der Waals surface area contributed by atoms with Gasteiger partial charge in [0.1, 0.15) is 24.4 Å². The molecular formula is C25H34BFN4O6. The van der Waals surface area contributed by atoms with Crippen molar-refractivity contribution in [3.63, 3.8) is 0 Å². The van der Waals surface area contributed by atoms with Crippen LogP contribution in [0.5, 0.6) is 0 Å². The number of alkyl halides is 1. The number of nitrogens with zero attached hydrogens (tertiary/aromatic N) is 3. The largest absolute Gasteiger partial charge is 0.475 e. The number of amides is 2. The average Bonchev–Trinajstić information content (AvgIpc) is 3.26. The quantitative estimate of drug-likeness (QED) is 0.250. The Labute approximate surface area is 216 Å². The van der Waals surface area contributed by atoms with Crippen LogP contribution >= 0.6 is 0 Å². The van der Waals surface area contributed by atoms with Crippen molar-refractivity contribution in [3.05, 3.63) is 47.5 Å². The Bertz CT molecular complexity index is 997. The molecule has 2 aliphatic rings. The van der Waals surface area contributed by atoms with E-state index in [9.17, 15) is 29.3 Å². The number of benzene rings is 1. The van der Waals surface area contributed by atoms with Crippen LogP contribution in [0.25, 0.3) is 0 Å². The topological polar surface area (TPSA) is 135 Å². The minimum Gasteiger partial charge on any atom is -0.447 e. The smallest absolute Gasteiger partial charge is 0.447 e. The molecule has 200 valence electrons. The lowest BCUT2D eigenvalue weighted by atomic mass is 9.76. The number of rotatable bonds is 9. The summed E-state index contributed by atoms with van der Waals surface area (Å²) >= 11 is 0. The number of ether oxygens (including phenoxy) is 2. The van der Waals surface area contributed by atoms with E-state index in [0.717, 1.165) is 5.56 Å². The number of alkyl carbamates (subject to hydrolysis) is 1. The summed E-state index contributed by atoms with van der Waals surface area (Å²) in [6.45, 7) is 5.72. The first-order chi connectivity index (χ1) is 17.6. The van der Waals surface area contributed by atoms with Gasteiger partial charge in [-0.1, -0.05) is 30.3 Å². The fraction of sp³-hybridized carbons (Fsp3) is 0.560. The summed E-state index contributed by atoms with van der Waals surface area (Å²) in [5.41, 5.74) is 0.0837. The highest BCUT2D eigenvalue weighted by atomic mass is 19.1. The van der Waals surface area contributed by atoms with E-state index < -0.39 is 42.8 Å². The van der Waals surface area contributed by atoms with Gasteiger partial charge < -0.3 is 29.7 Å². The number of likely N-dealkylation sites (tertiary alicyclic amines) is 1. The van der Waals surface area contributed by atoms with Gasteiger partial charge in [-0.05, 0) is 31.9 Å². The van der Waals surface area contributed by atoms with Crippen molar-refractivity contribution in [2.24, 2.45) is 0 Å². The van der Waals surface area contributed by atoms with Gasteiger partial charge in [-0.3, -0.25) is 9.69 Å². The minimum atomic E-state index is -1.83. The standard InChI is InChI=1S/C25H34BFN4O6/c1-25(2,30-8-10-36-11-9-30)14-19(15-28)23(32)31-16-20(27)13-21(31)17-37-24(33)29-22(26(34)35)12-18-6-4-3-5-7-18/h3-7,14,20-22,34-35H,8-13,16-17H2,1-2H3,(H,29,33)/t20-,21+,22-/m0/s1. The van der Waals surface area contributed by atoms with Crippen LogP contribution in [0.1, 0.15) is 25.8 Å². The van der Waals surface area contributed by atoms with Gasteiger partial charge in [0.05, 0.1) is 31.7 Å². The van der Waals surface area contributed by atoms with E-state index in [1.807, 2.05) is 26.0 Å². The molecule has 0 saturated carbocycles. The van der Waals surface area contributed by atoms with Crippen LogP contribution in [-0.2, 0) is 20.7 Å². The second-order valence-corrected chi connectivity index (χ2v) is 9.82. The van der Waals surface area contributed by atoms with Crippen LogP contribution in [-0.4, -0.2) is 102 Å². The summed E-state index contributed by atoms with van der Waals surface area (Å²) in [7, 11) is -1.83. The van der Waals surface area contributed by atoms with Crippen molar-refractivity contribution >= 4 is 19.1 Å². The molecule has 0 spiro atoms. The predicted octanol–water partition coefficient (Wildman–Crippen LogP) is 0.836. The normalized spacial score (nSPS) is 21.7. The maximum Gasteiger partial charge on any atom is 0.475 e. The molecule has 3 atom stereocenters. The highest BCUT2D eigenvalue weighted by Gasteiger charge is 2.39. The summed E-state index contributed by atoms with van der Waals surface area (Å²) in [6.07, 6.45) is -0.538. The third kappa shape index (κ3) is 8.00. The van der Waals surface area contributed by atoms with Gasteiger partial charge >= 0.3 is 13.2 Å². The first-order valence-electron chi connectivity index (χ1n) is 12.3. The molecule has 0 radical (unpaired) electrons. The SMILES string of the molecule is CC(C)(C=C(C#N)C(=O)N1C[C@@H](F)C[C@@H]1COC(=O)N[C@@H](Cc1ccccc1)B(O)O)N1CCOCC1. The van der Waals surface area contributed by atoms with Crippen LogP contribution in [0.4, 0.5) is 9.18 Å². The monoisotopic (exact) mass is 516 g/mol. The van der Waals surface area contributed by atoms with Crippen molar-refractivity contribution in [3.8, 4) is 6.07 Å². The van der Waals surface area contributed by atoms with E-state index in [-0.39, 0.29) is 31.6 Å². The highest BCUT2D eigenvalue weighted by Crippen LogP contribution is 2.25. The Morgan fingerprint density at radius 3 is 2.62 bits per heavy atom. The number of carbonyl (C=O) groups is 2. The fourth-order valence-corrected chi connectivity index (χ4v) is 4.61. The van der Waals surface area contributed by atoms with Gasteiger partial charge in [0, 0.05) is 25.0 Å². The third-order valence-corrected chi connectivity index (χ3v) is 6.67. The molecule has 1 aromatic carbocycles. The maximum absolute atomic E-state index is 14.3. The van der Waals surface area contributed by atoms with Gasteiger partial charge in [0.25, 0.3) is 5.91 Å². The molecule has 2 aliphatic heterocycles. The molecule has 2 saturated heterocycles. The summed E-state index contributed by atoms with van der Waals surface area (Å²) < 4.78 is 24.9. The molecule has 2 heterocycles. The zero-order valence-electron chi connectivity index (χ0n) is 21.2. The summed E-state index contributed by atoms with van der Waals surface area (Å²) in [5.74, 6) is -1.65. The van der Waals surface area contributed by atoms with Crippen molar-refractivity contribution in [1.29, 1.82) is 5.26 Å². The van der Waals surface area contributed by atoms with Gasteiger partial charge in [-0.15, -0.1) is 0 Å². The van der Waals surface area contributed by atoms with Gasteiger partial charge in [0.2, 0.25) is 0 Å². The molecule has 1 aromatic rings. The molecule has 3 rings (SSSR count). The highest BCUT2D eigenvalue weighted by molar-refractivity contribution is 6.43. The van der Waals surface area contributed by atoms with E-state index in [1.54, 1.807) is 30.3 Å². The predicted molar refractivity (Wildman–Crippen MR) is 134 cm³/mol. The number of morpholine rings is 1. The van der Waals surface area contributed by atoms with Gasteiger partial charge in [0.15, 0.2) is 0 Å². The zero-order chi connectivity index (χ0) is 27.0. The van der Waals surface area contributed by atoms with Crippen LogP contribution in [0, 0.1) is 11.3 Å². The lowest BCUT2D eigenvalue weighted by Gasteiger charge is -2.39. The van der Waals surface area contributed by atoms with Crippen LogP contribution < -0.4 is 5.32 Å². The summed E-state index contributed by atoms with van der Waals surface area (Å²) in [4.78, 5) is 28.9. The van der Waals surface area contributed by atoms with Crippen molar-refractivity contribution in [2.75, 3.05) is 39.5 Å². The van der Waals surface area contributed by atoms with E-state index in [4.69, 9.17) is 9.47 Å². The Hall–Kier alpha value is -2.98. The first-order valence-corrected chi connectivity index (χ1v) is 12.3. The van der Waals surface area contributed by atoms with Crippen LogP contribution in [0.15, 0.2) is 42.0 Å². The van der Waals surface area contributed by atoms with Crippen LogP contribution in [0.2, 0.25) is 0 Å².